The Morgan fingerprint density at radius 3 is 2.64 bits per heavy atom. The maximum atomic E-state index is 14.1. The molecule has 0 bridgehead atoms. The fraction of sp³-hybridized carbons (Fsp3) is 0.296. The predicted molar refractivity (Wildman–Crippen MR) is 136 cm³/mol. The molecule has 0 aliphatic carbocycles. The predicted octanol–water partition coefficient (Wildman–Crippen LogP) is 4.50. The van der Waals surface area contributed by atoms with Gasteiger partial charge in [0.1, 0.15) is 5.82 Å². The van der Waals surface area contributed by atoms with Gasteiger partial charge in [0.25, 0.3) is 5.91 Å². The molecule has 7 nitrogen and oxygen atoms in total. The van der Waals surface area contributed by atoms with Crippen molar-refractivity contribution in [3.63, 3.8) is 0 Å². The highest BCUT2D eigenvalue weighted by Crippen LogP contribution is 2.35. The van der Waals surface area contributed by atoms with Gasteiger partial charge < -0.3 is 4.90 Å². The van der Waals surface area contributed by atoms with Gasteiger partial charge in [0.2, 0.25) is 0 Å². The largest absolute Gasteiger partial charge is 0.308 e. The average Bonchev–Trinajstić information content (AvgIpc) is 3.41. The minimum atomic E-state index is -3.15. The summed E-state index contributed by atoms with van der Waals surface area (Å²) in [6.07, 6.45) is 2.23. The molecule has 9 heteroatoms. The van der Waals surface area contributed by atoms with E-state index in [0.717, 1.165) is 24.1 Å². The van der Waals surface area contributed by atoms with Crippen LogP contribution in [0.4, 0.5) is 10.1 Å². The fourth-order valence-corrected chi connectivity index (χ4v) is 7.06. The van der Waals surface area contributed by atoms with Crippen molar-refractivity contribution >= 4 is 32.5 Å². The summed E-state index contributed by atoms with van der Waals surface area (Å²) in [5, 5.41) is 5.30. The molecule has 2 aliphatic rings. The summed E-state index contributed by atoms with van der Waals surface area (Å²) in [5.41, 5.74) is 4.76. The lowest BCUT2D eigenvalue weighted by molar-refractivity contribution is 0.0986. The molecule has 2 aromatic carbocycles. The zero-order valence-electron chi connectivity index (χ0n) is 19.8. The summed E-state index contributed by atoms with van der Waals surface area (Å²) in [5.74, 6) is -0.418. The summed E-state index contributed by atoms with van der Waals surface area (Å²) < 4.78 is 39.7. The number of aromatic nitrogens is 3. The Morgan fingerprint density at radius 2 is 1.89 bits per heavy atom. The van der Waals surface area contributed by atoms with Crippen molar-refractivity contribution < 1.29 is 17.6 Å². The first-order valence-electron chi connectivity index (χ1n) is 12.1. The van der Waals surface area contributed by atoms with Gasteiger partial charge in [-0.3, -0.25) is 4.79 Å². The third-order valence-corrected chi connectivity index (χ3v) is 8.87. The van der Waals surface area contributed by atoms with Crippen molar-refractivity contribution in [2.75, 3.05) is 23.0 Å². The molecule has 1 saturated heterocycles. The second-order valence-corrected chi connectivity index (χ2v) is 11.8. The van der Waals surface area contributed by atoms with Gasteiger partial charge in [0.15, 0.2) is 15.5 Å². The summed E-state index contributed by atoms with van der Waals surface area (Å²) in [4.78, 5) is 20.7. The van der Waals surface area contributed by atoms with E-state index in [2.05, 4.69) is 5.10 Å². The third-order valence-electron chi connectivity index (χ3n) is 7.12. The third kappa shape index (κ3) is 3.87. The van der Waals surface area contributed by atoms with Gasteiger partial charge in [-0.1, -0.05) is 18.2 Å². The highest BCUT2D eigenvalue weighted by Gasteiger charge is 2.33. The highest BCUT2D eigenvalue weighted by molar-refractivity contribution is 7.91. The number of para-hydroxylation sites is 1. The minimum absolute atomic E-state index is 0.00550. The number of carbonyl (C=O) groups excluding carboxylic acids is 1. The van der Waals surface area contributed by atoms with Crippen LogP contribution in [0.15, 0.2) is 54.6 Å². The smallest absolute Gasteiger partial charge is 0.259 e. The van der Waals surface area contributed by atoms with Gasteiger partial charge in [-0.15, -0.1) is 0 Å². The molecule has 0 saturated carbocycles. The Balaban J connectivity index is 1.56. The molecular formula is C27H25FN4O3S. The molecule has 0 N–H and O–H groups in total. The number of nitrogens with zero attached hydrogens (tertiary/aromatic N) is 4. The van der Waals surface area contributed by atoms with Crippen molar-refractivity contribution in [1.82, 2.24) is 14.8 Å². The van der Waals surface area contributed by atoms with Crippen LogP contribution in [-0.2, 0) is 16.3 Å². The van der Waals surface area contributed by atoms with Gasteiger partial charge in [-0.2, -0.15) is 5.10 Å². The number of fused-ring (bicyclic) bond motifs is 2. The first-order valence-corrected chi connectivity index (χ1v) is 13.9. The second-order valence-electron chi connectivity index (χ2n) is 9.54. The number of anilines is 1. The van der Waals surface area contributed by atoms with Crippen molar-refractivity contribution in [1.29, 1.82) is 0 Å². The van der Waals surface area contributed by atoms with Gasteiger partial charge in [-0.25, -0.2) is 22.5 Å². The van der Waals surface area contributed by atoms with Crippen molar-refractivity contribution in [2.45, 2.75) is 32.2 Å². The zero-order chi connectivity index (χ0) is 25.0. The first-order chi connectivity index (χ1) is 17.3. The fourth-order valence-electron chi connectivity index (χ4n) is 5.36. The lowest BCUT2D eigenvalue weighted by Crippen LogP contribution is -2.35. The molecule has 4 aromatic rings. The van der Waals surface area contributed by atoms with Crippen LogP contribution < -0.4 is 4.90 Å². The Hall–Kier alpha value is -3.59. The molecule has 2 aromatic heterocycles. The van der Waals surface area contributed by atoms with Crippen LogP contribution in [0.2, 0.25) is 0 Å². The Kier molecular flexibility index (Phi) is 5.40. The van der Waals surface area contributed by atoms with Crippen molar-refractivity contribution in [3.8, 4) is 11.3 Å². The maximum absolute atomic E-state index is 14.1. The van der Waals surface area contributed by atoms with E-state index >= 15 is 0 Å². The van der Waals surface area contributed by atoms with E-state index < -0.39 is 9.84 Å². The van der Waals surface area contributed by atoms with E-state index in [0.29, 0.717) is 46.5 Å². The van der Waals surface area contributed by atoms with Crippen molar-refractivity contribution in [3.05, 3.63) is 77.2 Å². The maximum Gasteiger partial charge on any atom is 0.259 e. The van der Waals surface area contributed by atoms with Gasteiger partial charge in [0, 0.05) is 17.8 Å². The van der Waals surface area contributed by atoms with E-state index in [4.69, 9.17) is 4.98 Å². The number of sulfone groups is 1. The minimum Gasteiger partial charge on any atom is -0.308 e. The van der Waals surface area contributed by atoms with Crippen molar-refractivity contribution in [2.24, 2.45) is 0 Å². The number of carbonyl (C=O) groups is 1. The van der Waals surface area contributed by atoms with E-state index in [1.54, 1.807) is 27.8 Å². The Labute approximate surface area is 208 Å². The van der Waals surface area contributed by atoms with Crippen LogP contribution in [-0.4, -0.2) is 47.1 Å². The van der Waals surface area contributed by atoms with Crippen LogP contribution in [0.1, 0.15) is 40.5 Å². The molecule has 36 heavy (non-hydrogen) atoms. The van der Waals surface area contributed by atoms with Gasteiger partial charge in [-0.05, 0) is 68.1 Å². The number of pyridine rings is 1. The van der Waals surface area contributed by atoms with Gasteiger partial charge >= 0.3 is 0 Å². The molecule has 1 amide bonds. The molecule has 4 heterocycles. The first kappa shape index (κ1) is 22.8. The molecule has 1 fully saturated rings. The summed E-state index contributed by atoms with van der Waals surface area (Å²) >= 11 is 0. The van der Waals surface area contributed by atoms with E-state index in [1.165, 1.54) is 12.1 Å². The SMILES string of the molecule is Cc1nn(C2CCS(=O)(=O)C2)c2nc(-c3ccc(F)cc3)cc(C(=O)N3CCCc4ccccc43)c12. The number of rotatable bonds is 3. The standard InChI is InChI=1S/C27H25FN4O3S/c1-17-25-22(27(33)31-13-4-6-19-5-2-3-7-24(19)31)15-23(18-8-10-20(28)11-9-18)29-26(25)32(30-17)21-12-14-36(34,35)16-21/h2-3,5,7-11,15,21H,4,6,12-14,16H2,1H3. The summed E-state index contributed by atoms with van der Waals surface area (Å²) in [6, 6.07) is 15.3. The molecule has 0 spiro atoms. The van der Waals surface area contributed by atoms with Crippen LogP contribution in [0.25, 0.3) is 22.3 Å². The number of aryl methyl sites for hydroxylation is 2. The number of amides is 1. The Bertz CT molecular complexity index is 1610. The highest BCUT2D eigenvalue weighted by atomic mass is 32.2. The molecule has 1 unspecified atom stereocenters. The Morgan fingerprint density at radius 1 is 1.11 bits per heavy atom. The number of benzene rings is 2. The van der Waals surface area contributed by atoms with Crippen LogP contribution >= 0.6 is 0 Å². The lowest BCUT2D eigenvalue weighted by Gasteiger charge is -2.29. The quantitative estimate of drug-likeness (QED) is 0.410. The average molecular weight is 505 g/mol. The van der Waals surface area contributed by atoms with E-state index in [1.807, 2.05) is 31.2 Å². The second kappa shape index (κ2) is 8.51. The number of halogens is 1. The molecule has 184 valence electrons. The zero-order valence-corrected chi connectivity index (χ0v) is 20.6. The van der Waals surface area contributed by atoms with E-state index in [-0.39, 0.29) is 29.3 Å². The molecule has 2 aliphatic heterocycles. The number of hydrogen-bond acceptors (Lipinski definition) is 5. The molecule has 0 radical (unpaired) electrons. The topological polar surface area (TPSA) is 85.2 Å². The molecular weight excluding hydrogens is 479 g/mol. The van der Waals surface area contributed by atoms with Crippen LogP contribution in [0.3, 0.4) is 0 Å². The molecule has 1 atom stereocenters. The van der Waals surface area contributed by atoms with Crippen LogP contribution in [0.5, 0.6) is 0 Å². The summed E-state index contributed by atoms with van der Waals surface area (Å²) in [6.45, 7) is 2.42. The normalized spacial score (nSPS) is 18.9. The monoisotopic (exact) mass is 504 g/mol. The van der Waals surface area contributed by atoms with Crippen LogP contribution in [0, 0.1) is 12.7 Å². The number of hydrogen-bond donors (Lipinski definition) is 0. The molecule has 6 rings (SSSR count). The van der Waals surface area contributed by atoms with Gasteiger partial charge in [0.05, 0.1) is 39.9 Å². The summed E-state index contributed by atoms with van der Waals surface area (Å²) in [7, 11) is -3.15. The van der Waals surface area contributed by atoms with E-state index in [9.17, 15) is 17.6 Å². The lowest BCUT2D eigenvalue weighted by atomic mass is 9.99.